The molecular formula is C26H37ClO2. The average molecular weight is 417 g/mol. The van der Waals surface area contributed by atoms with Gasteiger partial charge < -0.3 is 9.47 Å². The molecule has 0 spiro atoms. The van der Waals surface area contributed by atoms with Crippen molar-refractivity contribution in [3.8, 4) is 0 Å². The highest BCUT2D eigenvalue weighted by Crippen LogP contribution is 2.45. The van der Waals surface area contributed by atoms with Gasteiger partial charge in [-0.25, -0.2) is 0 Å². The van der Waals surface area contributed by atoms with Gasteiger partial charge in [-0.15, -0.1) is 0 Å². The SMILES string of the molecule is CCC=CC1COC(C2CCC(C3CCC(c4ccc(Cl)cc4)CC3)CC2)OC1. The van der Waals surface area contributed by atoms with Gasteiger partial charge in [0.1, 0.15) is 0 Å². The molecule has 4 rings (SSSR count). The molecule has 0 atom stereocenters. The molecular weight excluding hydrogens is 380 g/mol. The van der Waals surface area contributed by atoms with Gasteiger partial charge in [-0.2, -0.15) is 0 Å². The van der Waals surface area contributed by atoms with Crippen LogP contribution in [0.25, 0.3) is 0 Å². The molecule has 1 aromatic rings. The van der Waals surface area contributed by atoms with Crippen LogP contribution in [0, 0.1) is 23.7 Å². The van der Waals surface area contributed by atoms with Gasteiger partial charge >= 0.3 is 0 Å². The molecule has 160 valence electrons. The lowest BCUT2D eigenvalue weighted by Gasteiger charge is -2.41. The summed E-state index contributed by atoms with van der Waals surface area (Å²) in [6.07, 6.45) is 16.4. The van der Waals surface area contributed by atoms with E-state index in [1.807, 2.05) is 12.1 Å². The Morgan fingerprint density at radius 3 is 1.97 bits per heavy atom. The summed E-state index contributed by atoms with van der Waals surface area (Å²) in [5, 5.41) is 0.845. The zero-order chi connectivity index (χ0) is 20.1. The number of benzene rings is 1. The van der Waals surface area contributed by atoms with Gasteiger partial charge in [0.2, 0.25) is 0 Å². The van der Waals surface area contributed by atoms with Crippen LogP contribution in [0.2, 0.25) is 5.02 Å². The second-order valence-corrected chi connectivity index (χ2v) is 9.91. The molecule has 29 heavy (non-hydrogen) atoms. The summed E-state index contributed by atoms with van der Waals surface area (Å²) < 4.78 is 12.2. The zero-order valence-electron chi connectivity index (χ0n) is 17.9. The Labute approximate surface area is 182 Å². The first-order chi connectivity index (χ1) is 14.2. The maximum atomic E-state index is 6.10. The minimum absolute atomic E-state index is 0.0443. The van der Waals surface area contributed by atoms with E-state index >= 15 is 0 Å². The highest BCUT2D eigenvalue weighted by atomic mass is 35.5. The van der Waals surface area contributed by atoms with Gasteiger partial charge in [-0.05, 0) is 93.2 Å². The van der Waals surface area contributed by atoms with Gasteiger partial charge in [0, 0.05) is 16.9 Å². The van der Waals surface area contributed by atoms with Crippen molar-refractivity contribution in [2.45, 2.75) is 76.9 Å². The molecule has 2 saturated carbocycles. The lowest BCUT2D eigenvalue weighted by molar-refractivity contribution is -0.223. The summed E-state index contributed by atoms with van der Waals surface area (Å²) in [6.45, 7) is 3.83. The molecule has 2 nitrogen and oxygen atoms in total. The first kappa shape index (κ1) is 21.4. The number of hydrogen-bond donors (Lipinski definition) is 0. The fraction of sp³-hybridized carbons (Fsp3) is 0.692. The molecule has 0 aromatic heterocycles. The van der Waals surface area contributed by atoms with Crippen molar-refractivity contribution in [2.24, 2.45) is 23.7 Å². The quantitative estimate of drug-likeness (QED) is 0.466. The van der Waals surface area contributed by atoms with Crippen LogP contribution in [0.1, 0.15) is 76.2 Å². The molecule has 1 aromatic carbocycles. The molecule has 2 aliphatic carbocycles. The number of allylic oxidation sites excluding steroid dienone is 1. The standard InChI is InChI=1S/C26H37ClO2/c1-2-3-4-19-17-28-26(29-18-19)24-11-9-22(10-12-24)20-5-7-21(8-6-20)23-13-15-25(27)16-14-23/h3-4,13-16,19-22,24,26H,2,5-12,17-18H2,1H3. The fourth-order valence-electron chi connectivity index (χ4n) is 5.79. The zero-order valence-corrected chi connectivity index (χ0v) is 18.7. The summed E-state index contributed by atoms with van der Waals surface area (Å²) in [7, 11) is 0. The van der Waals surface area contributed by atoms with Crippen LogP contribution in [0.5, 0.6) is 0 Å². The van der Waals surface area contributed by atoms with Crippen molar-refractivity contribution in [1.82, 2.24) is 0 Å². The largest absolute Gasteiger partial charge is 0.352 e. The molecule has 0 amide bonds. The predicted octanol–water partition coefficient (Wildman–Crippen LogP) is 7.38. The Balaban J connectivity index is 1.19. The molecule has 3 heteroatoms. The van der Waals surface area contributed by atoms with Crippen LogP contribution in [0.3, 0.4) is 0 Å². The van der Waals surface area contributed by atoms with E-state index in [0.29, 0.717) is 11.8 Å². The molecule has 0 bridgehead atoms. The van der Waals surface area contributed by atoms with Crippen LogP contribution in [-0.2, 0) is 9.47 Å². The van der Waals surface area contributed by atoms with Crippen molar-refractivity contribution < 1.29 is 9.47 Å². The van der Waals surface area contributed by atoms with E-state index in [2.05, 4.69) is 31.2 Å². The van der Waals surface area contributed by atoms with Crippen molar-refractivity contribution in [3.63, 3.8) is 0 Å². The van der Waals surface area contributed by atoms with E-state index in [9.17, 15) is 0 Å². The van der Waals surface area contributed by atoms with Gasteiger partial charge in [0.15, 0.2) is 6.29 Å². The van der Waals surface area contributed by atoms with Crippen LogP contribution in [0.15, 0.2) is 36.4 Å². The van der Waals surface area contributed by atoms with Crippen LogP contribution in [-0.4, -0.2) is 19.5 Å². The Bertz CT molecular complexity index is 631. The van der Waals surface area contributed by atoms with Crippen molar-refractivity contribution >= 4 is 11.6 Å². The molecule has 0 unspecified atom stereocenters. The first-order valence-electron chi connectivity index (χ1n) is 11.9. The fourth-order valence-corrected chi connectivity index (χ4v) is 5.92. The van der Waals surface area contributed by atoms with E-state index in [1.54, 1.807) is 0 Å². The minimum atomic E-state index is 0.0443. The third kappa shape index (κ3) is 5.66. The highest BCUT2D eigenvalue weighted by Gasteiger charge is 2.35. The van der Waals surface area contributed by atoms with E-state index in [-0.39, 0.29) is 6.29 Å². The molecule has 1 aliphatic heterocycles. The highest BCUT2D eigenvalue weighted by molar-refractivity contribution is 6.30. The summed E-state index contributed by atoms with van der Waals surface area (Å²) >= 11 is 6.05. The summed E-state index contributed by atoms with van der Waals surface area (Å²) in [5.74, 6) is 3.63. The predicted molar refractivity (Wildman–Crippen MR) is 120 cm³/mol. The lowest BCUT2D eigenvalue weighted by atomic mass is 9.68. The molecule has 3 fully saturated rings. The number of rotatable bonds is 5. The lowest BCUT2D eigenvalue weighted by Crippen LogP contribution is -2.38. The van der Waals surface area contributed by atoms with E-state index in [4.69, 9.17) is 21.1 Å². The third-order valence-corrected chi connectivity index (χ3v) is 7.83. The second-order valence-electron chi connectivity index (χ2n) is 9.47. The third-order valence-electron chi connectivity index (χ3n) is 7.57. The Morgan fingerprint density at radius 2 is 1.38 bits per heavy atom. The number of ether oxygens (including phenoxy) is 2. The van der Waals surface area contributed by atoms with Crippen molar-refractivity contribution in [3.05, 3.63) is 47.0 Å². The smallest absolute Gasteiger partial charge is 0.160 e. The van der Waals surface area contributed by atoms with E-state index < -0.39 is 0 Å². The van der Waals surface area contributed by atoms with E-state index in [1.165, 1.54) is 56.9 Å². The van der Waals surface area contributed by atoms with Gasteiger partial charge in [0.05, 0.1) is 13.2 Å². The number of hydrogen-bond acceptors (Lipinski definition) is 2. The van der Waals surface area contributed by atoms with Crippen LogP contribution >= 0.6 is 11.6 Å². The van der Waals surface area contributed by atoms with Gasteiger partial charge in [-0.1, -0.05) is 42.8 Å². The first-order valence-corrected chi connectivity index (χ1v) is 12.3. The average Bonchev–Trinajstić information content (AvgIpc) is 2.79. The van der Waals surface area contributed by atoms with Gasteiger partial charge in [-0.3, -0.25) is 0 Å². The van der Waals surface area contributed by atoms with E-state index in [0.717, 1.165) is 42.4 Å². The molecule has 0 radical (unpaired) electrons. The second kappa shape index (κ2) is 10.5. The molecule has 1 saturated heterocycles. The van der Waals surface area contributed by atoms with Gasteiger partial charge in [0.25, 0.3) is 0 Å². The topological polar surface area (TPSA) is 18.5 Å². The Hall–Kier alpha value is -0.830. The maximum Gasteiger partial charge on any atom is 0.160 e. The Kier molecular flexibility index (Phi) is 7.72. The normalized spacial score (nSPS) is 36.3. The van der Waals surface area contributed by atoms with Crippen LogP contribution in [0.4, 0.5) is 0 Å². The number of halogens is 1. The van der Waals surface area contributed by atoms with Crippen molar-refractivity contribution in [1.29, 1.82) is 0 Å². The van der Waals surface area contributed by atoms with Crippen LogP contribution < -0.4 is 0 Å². The molecule has 3 aliphatic rings. The van der Waals surface area contributed by atoms with Crippen molar-refractivity contribution in [2.75, 3.05) is 13.2 Å². The summed E-state index contributed by atoms with van der Waals surface area (Å²) in [5.41, 5.74) is 1.48. The molecule has 0 N–H and O–H groups in total. The minimum Gasteiger partial charge on any atom is -0.352 e. The molecule has 1 heterocycles. The Morgan fingerprint density at radius 1 is 0.828 bits per heavy atom. The summed E-state index contributed by atoms with van der Waals surface area (Å²) in [6, 6.07) is 8.54. The monoisotopic (exact) mass is 416 g/mol. The summed E-state index contributed by atoms with van der Waals surface area (Å²) in [4.78, 5) is 0. The maximum absolute atomic E-state index is 6.10.